The van der Waals surface area contributed by atoms with Crippen molar-refractivity contribution in [2.24, 2.45) is 11.8 Å². The minimum Gasteiger partial charge on any atom is -0.453 e. The molecule has 5 rings (SSSR count). The molecule has 4 amide bonds. The molecule has 1 aliphatic heterocycles. The van der Waals surface area contributed by atoms with Gasteiger partial charge in [-0.3, -0.25) is 9.59 Å². The van der Waals surface area contributed by atoms with Crippen LogP contribution in [-0.2, 0) is 25.6 Å². The number of aromatic amines is 2. The van der Waals surface area contributed by atoms with Gasteiger partial charge in [-0.2, -0.15) is 0 Å². The predicted octanol–water partition coefficient (Wildman–Crippen LogP) is 7.77. The Hall–Kier alpha value is -5.34. The summed E-state index contributed by atoms with van der Waals surface area (Å²) in [6, 6.07) is 13.8. The van der Waals surface area contributed by atoms with Crippen molar-refractivity contribution in [1.29, 1.82) is 0 Å². The lowest BCUT2D eigenvalue weighted by Gasteiger charge is -2.29. The van der Waals surface area contributed by atoms with Gasteiger partial charge in [0, 0.05) is 24.2 Å². The zero-order valence-corrected chi connectivity index (χ0v) is 34.5. The number of rotatable bonds is 15. The van der Waals surface area contributed by atoms with Crippen LogP contribution in [0.25, 0.3) is 33.6 Å². The number of carbonyl (C=O) groups excluding carboxylic acids is 4. The highest BCUT2D eigenvalue weighted by atomic mass is 35.5. The Balaban J connectivity index is 1.29. The Morgan fingerprint density at radius 2 is 1.35 bits per heavy atom. The third-order valence-electron chi connectivity index (χ3n) is 9.93. The number of H-pyrrole nitrogens is 2. The third kappa shape index (κ3) is 10.2. The second-order valence-corrected chi connectivity index (χ2v) is 15.3. The molecule has 304 valence electrons. The van der Waals surface area contributed by atoms with Crippen molar-refractivity contribution in [2.75, 3.05) is 27.3 Å². The van der Waals surface area contributed by atoms with Crippen LogP contribution in [-0.4, -0.2) is 93.1 Å². The van der Waals surface area contributed by atoms with Gasteiger partial charge in [0.2, 0.25) is 11.8 Å². The minimum absolute atomic E-state index is 0.144. The largest absolute Gasteiger partial charge is 0.453 e. The maximum atomic E-state index is 13.6. The number of carbonyl (C=O) groups is 4. The quantitative estimate of drug-likeness (QED) is 0.0880. The fourth-order valence-electron chi connectivity index (χ4n) is 6.81. The summed E-state index contributed by atoms with van der Waals surface area (Å²) in [5.74, 6) is 0.299. The second-order valence-electron chi connectivity index (χ2n) is 14.5. The van der Waals surface area contributed by atoms with Crippen molar-refractivity contribution in [3.63, 3.8) is 0 Å². The van der Waals surface area contributed by atoms with E-state index < -0.39 is 24.3 Å². The molecular weight excluding hydrogens is 771 g/mol. The van der Waals surface area contributed by atoms with Crippen molar-refractivity contribution in [1.82, 2.24) is 40.4 Å². The van der Waals surface area contributed by atoms with E-state index in [4.69, 9.17) is 42.6 Å². The number of halogens is 2. The molecule has 4 N–H and O–H groups in total. The van der Waals surface area contributed by atoms with Crippen LogP contribution in [0.1, 0.15) is 64.6 Å². The second kappa shape index (κ2) is 19.2. The molecule has 1 aliphatic rings. The average Bonchev–Trinajstić information content (AvgIpc) is 3.95. The zero-order valence-electron chi connectivity index (χ0n) is 33.0. The van der Waals surface area contributed by atoms with Crippen LogP contribution >= 0.6 is 23.2 Å². The van der Waals surface area contributed by atoms with Gasteiger partial charge in [0.1, 0.15) is 45.4 Å². The lowest BCUT2D eigenvalue weighted by molar-refractivity contribution is -0.136. The Morgan fingerprint density at radius 3 is 1.88 bits per heavy atom. The monoisotopic (exact) mass is 820 g/mol. The molecular formula is C41H50Cl2N8O6. The molecule has 4 aromatic rings. The lowest BCUT2D eigenvalue weighted by Crippen LogP contribution is -2.51. The predicted molar refractivity (Wildman–Crippen MR) is 219 cm³/mol. The summed E-state index contributed by atoms with van der Waals surface area (Å²) in [5.41, 5.74) is 4.65. The summed E-state index contributed by atoms with van der Waals surface area (Å²) in [7, 11) is 2.53. The highest BCUT2D eigenvalue weighted by Crippen LogP contribution is 2.36. The first kappa shape index (κ1) is 42.8. The Kier molecular flexibility index (Phi) is 14.4. The highest BCUT2D eigenvalue weighted by molar-refractivity contribution is 6.32. The number of likely N-dealkylation sites (tertiary alicyclic amines) is 1. The molecule has 0 unspecified atom stereocenters. The number of aromatic nitrogens is 4. The van der Waals surface area contributed by atoms with E-state index in [1.165, 1.54) is 14.2 Å². The topological polar surface area (TPSA) is 175 Å². The molecule has 3 heterocycles. The van der Waals surface area contributed by atoms with Crippen molar-refractivity contribution in [2.45, 2.75) is 71.6 Å². The van der Waals surface area contributed by atoms with Gasteiger partial charge in [-0.25, -0.2) is 19.6 Å². The number of hydrogen-bond donors (Lipinski definition) is 4. The minimum atomic E-state index is -0.787. The number of alkyl carbamates (subject to hydrolysis) is 2. The van der Waals surface area contributed by atoms with Gasteiger partial charge in [0.15, 0.2) is 0 Å². The van der Waals surface area contributed by atoms with E-state index in [2.05, 4.69) is 27.2 Å². The molecule has 1 saturated heterocycles. The van der Waals surface area contributed by atoms with E-state index in [9.17, 15) is 19.2 Å². The Bertz CT molecular complexity index is 2050. The van der Waals surface area contributed by atoms with Crippen molar-refractivity contribution < 1.29 is 28.7 Å². The average molecular weight is 822 g/mol. The summed E-state index contributed by atoms with van der Waals surface area (Å²) < 4.78 is 9.48. The third-order valence-corrected chi connectivity index (χ3v) is 10.5. The van der Waals surface area contributed by atoms with Gasteiger partial charge >= 0.3 is 12.2 Å². The van der Waals surface area contributed by atoms with Crippen LogP contribution in [0.15, 0.2) is 61.2 Å². The van der Waals surface area contributed by atoms with Gasteiger partial charge in [0.25, 0.3) is 0 Å². The molecule has 3 atom stereocenters. The van der Waals surface area contributed by atoms with Crippen LogP contribution in [0, 0.1) is 11.8 Å². The van der Waals surface area contributed by atoms with Gasteiger partial charge in [-0.1, -0.05) is 106 Å². The summed E-state index contributed by atoms with van der Waals surface area (Å²) in [5, 5.41) is 6.02. The number of amides is 4. The molecule has 0 spiro atoms. The van der Waals surface area contributed by atoms with Gasteiger partial charge < -0.3 is 39.9 Å². The summed E-state index contributed by atoms with van der Waals surface area (Å²) >= 11 is 13.3. The van der Waals surface area contributed by atoms with Crippen LogP contribution < -0.4 is 10.6 Å². The Labute approximate surface area is 342 Å². The maximum absolute atomic E-state index is 13.6. The zero-order chi connectivity index (χ0) is 41.4. The van der Waals surface area contributed by atoms with E-state index in [-0.39, 0.29) is 36.2 Å². The molecule has 57 heavy (non-hydrogen) atoms. The van der Waals surface area contributed by atoms with Crippen LogP contribution in [0.2, 0.25) is 10.3 Å². The van der Waals surface area contributed by atoms with E-state index >= 15 is 0 Å². The van der Waals surface area contributed by atoms with Crippen molar-refractivity contribution >= 4 is 47.2 Å². The van der Waals surface area contributed by atoms with Crippen molar-refractivity contribution in [3.05, 3.63) is 83.1 Å². The molecule has 2 aromatic heterocycles. The SMILES string of the molecule is C=CCCN(Cc1nc(-c2ccc(-c3ccc(-c4nc([C@@H]5CCCN5C(=O)[C@@H](NC(=O)OC)C(C)C)[nH]c4Cl)cc3)cc2)c(Cl)[nH]1)C(=O)[C@@H](NC(=O)OC)C(C)C. The first-order valence-electron chi connectivity index (χ1n) is 18.9. The number of benzene rings is 2. The van der Waals surface area contributed by atoms with E-state index in [1.807, 2.05) is 76.2 Å². The maximum Gasteiger partial charge on any atom is 0.407 e. The van der Waals surface area contributed by atoms with E-state index in [0.29, 0.717) is 59.3 Å². The number of ether oxygens (including phenoxy) is 2. The van der Waals surface area contributed by atoms with Crippen LogP contribution in [0.4, 0.5) is 9.59 Å². The van der Waals surface area contributed by atoms with Crippen LogP contribution in [0.3, 0.4) is 0 Å². The molecule has 14 nitrogen and oxygen atoms in total. The number of methoxy groups -OCH3 is 2. The normalized spacial score (nSPS) is 15.0. The Morgan fingerprint density at radius 1 is 0.842 bits per heavy atom. The summed E-state index contributed by atoms with van der Waals surface area (Å²) in [4.78, 5) is 70.3. The number of hydrogen-bond acceptors (Lipinski definition) is 8. The number of nitrogens with zero attached hydrogens (tertiary/aromatic N) is 4. The number of imidazole rings is 2. The molecule has 16 heteroatoms. The van der Waals surface area contributed by atoms with E-state index in [0.717, 1.165) is 28.7 Å². The summed E-state index contributed by atoms with van der Waals surface area (Å²) in [6.07, 6.45) is 2.44. The summed E-state index contributed by atoms with van der Waals surface area (Å²) in [6.45, 7) is 12.3. The first-order chi connectivity index (χ1) is 27.3. The molecule has 1 fully saturated rings. The molecule has 0 aliphatic carbocycles. The number of nitrogens with one attached hydrogen (secondary N) is 4. The molecule has 2 aromatic carbocycles. The standard InChI is InChI=1S/C41H50Cl2N8O6/c1-8-9-20-50(38(52)31(23(2)3)47-40(54)56-6)22-30-44-33(35(42)45-30)27-16-12-25(13-17-27)26-14-18-28(19-15-26)34-36(43)49-37(46-34)29-11-10-21-51(29)39(53)32(24(4)5)48-41(55)57-7/h8,12-19,23-24,29,31-32H,1,9-11,20-22H2,2-7H3,(H,44,45)(H,46,49)(H,47,54)(H,48,55)/t29-,31-,32-/m0/s1. The smallest absolute Gasteiger partial charge is 0.407 e. The molecule has 0 bridgehead atoms. The van der Waals surface area contributed by atoms with Gasteiger partial charge in [-0.15, -0.1) is 6.58 Å². The van der Waals surface area contributed by atoms with E-state index in [1.54, 1.807) is 15.9 Å². The lowest BCUT2D eigenvalue weighted by atomic mass is 10.0. The van der Waals surface area contributed by atoms with Gasteiger partial charge in [0.05, 0.1) is 26.8 Å². The molecule has 0 radical (unpaired) electrons. The highest BCUT2D eigenvalue weighted by Gasteiger charge is 2.38. The fourth-order valence-corrected chi connectivity index (χ4v) is 7.32. The van der Waals surface area contributed by atoms with Crippen LogP contribution in [0.5, 0.6) is 0 Å². The molecule has 0 saturated carbocycles. The van der Waals surface area contributed by atoms with Crippen molar-refractivity contribution in [3.8, 4) is 33.6 Å². The van der Waals surface area contributed by atoms with Gasteiger partial charge in [-0.05, 0) is 42.2 Å². The fraction of sp³-hybridized carbons (Fsp3) is 0.415. The first-order valence-corrected chi connectivity index (χ1v) is 19.6.